The van der Waals surface area contributed by atoms with E-state index in [4.69, 9.17) is 21.1 Å². The Morgan fingerprint density at radius 3 is 2.23 bits per heavy atom. The van der Waals surface area contributed by atoms with Crippen LogP contribution >= 0.6 is 23.4 Å². The van der Waals surface area contributed by atoms with Crippen molar-refractivity contribution in [2.75, 3.05) is 24.9 Å². The number of thioether (sulfide) groups is 1. The van der Waals surface area contributed by atoms with Crippen molar-refractivity contribution >= 4 is 58.5 Å². The second kappa shape index (κ2) is 15.1. The van der Waals surface area contributed by atoms with Crippen molar-refractivity contribution in [1.29, 1.82) is 0 Å². The number of rotatable bonds is 11. The standard InChI is InChI=1S/C33H29ClFN3O5S/c1-20(31(39)37-24-14-17-27(35)26(34)19-24)44-25-15-12-23(13-16-25)36-33(41)28(38-32(40)21-8-5-4-6-9-21)18-22-10-7-11-29(42-2)30(22)43-3/h4-20H,1-3H3,(H,36,41)(H,37,39)(H,38,40)/b28-18-. The molecule has 3 amide bonds. The van der Waals surface area contributed by atoms with Crippen molar-refractivity contribution in [3.8, 4) is 11.5 Å². The Morgan fingerprint density at radius 1 is 0.864 bits per heavy atom. The lowest BCUT2D eigenvalue weighted by Gasteiger charge is -2.15. The lowest BCUT2D eigenvalue weighted by molar-refractivity contribution is -0.115. The monoisotopic (exact) mass is 633 g/mol. The van der Waals surface area contributed by atoms with Gasteiger partial charge < -0.3 is 25.4 Å². The van der Waals surface area contributed by atoms with Gasteiger partial charge in [-0.2, -0.15) is 0 Å². The van der Waals surface area contributed by atoms with Gasteiger partial charge in [0.25, 0.3) is 11.8 Å². The number of anilines is 2. The third-order valence-electron chi connectivity index (χ3n) is 6.24. The van der Waals surface area contributed by atoms with Crippen LogP contribution in [0.5, 0.6) is 11.5 Å². The van der Waals surface area contributed by atoms with E-state index < -0.39 is 22.9 Å². The highest BCUT2D eigenvalue weighted by Crippen LogP contribution is 2.32. The number of benzene rings is 4. The smallest absolute Gasteiger partial charge is 0.272 e. The molecule has 226 valence electrons. The zero-order valence-corrected chi connectivity index (χ0v) is 25.6. The zero-order chi connectivity index (χ0) is 31.6. The molecule has 0 spiro atoms. The quantitative estimate of drug-likeness (QED) is 0.121. The van der Waals surface area contributed by atoms with Crippen molar-refractivity contribution in [2.45, 2.75) is 17.1 Å². The molecule has 0 aliphatic carbocycles. The number of methoxy groups -OCH3 is 2. The number of carbonyl (C=O) groups is 3. The van der Waals surface area contributed by atoms with E-state index in [1.807, 2.05) is 0 Å². The number of carbonyl (C=O) groups excluding carboxylic acids is 3. The van der Waals surface area contributed by atoms with Gasteiger partial charge in [0.15, 0.2) is 11.5 Å². The second-order valence-electron chi connectivity index (χ2n) is 9.32. The summed E-state index contributed by atoms with van der Waals surface area (Å²) in [7, 11) is 2.99. The van der Waals surface area contributed by atoms with Gasteiger partial charge in [-0.1, -0.05) is 41.9 Å². The number of para-hydroxylation sites is 1. The fourth-order valence-corrected chi connectivity index (χ4v) is 5.06. The average Bonchev–Trinajstić information content (AvgIpc) is 3.03. The van der Waals surface area contributed by atoms with Gasteiger partial charge in [0.1, 0.15) is 11.5 Å². The van der Waals surface area contributed by atoms with Gasteiger partial charge in [-0.25, -0.2) is 4.39 Å². The first-order valence-electron chi connectivity index (χ1n) is 13.3. The number of halogens is 2. The molecule has 4 aromatic rings. The molecule has 4 rings (SSSR count). The predicted octanol–water partition coefficient (Wildman–Crippen LogP) is 7.03. The van der Waals surface area contributed by atoms with E-state index in [1.54, 1.807) is 79.7 Å². The molecular weight excluding hydrogens is 605 g/mol. The van der Waals surface area contributed by atoms with Crippen LogP contribution in [0.1, 0.15) is 22.8 Å². The van der Waals surface area contributed by atoms with E-state index in [9.17, 15) is 18.8 Å². The van der Waals surface area contributed by atoms with Crippen LogP contribution < -0.4 is 25.4 Å². The molecule has 4 aromatic carbocycles. The fourth-order valence-electron chi connectivity index (χ4n) is 4.01. The topological polar surface area (TPSA) is 106 Å². The first-order valence-corrected chi connectivity index (χ1v) is 14.6. The van der Waals surface area contributed by atoms with Gasteiger partial charge in [-0.15, -0.1) is 11.8 Å². The summed E-state index contributed by atoms with van der Waals surface area (Å²) in [5.41, 5.74) is 1.74. The van der Waals surface area contributed by atoms with E-state index in [0.717, 1.165) is 4.90 Å². The largest absolute Gasteiger partial charge is 0.493 e. The third kappa shape index (κ3) is 8.40. The molecule has 3 N–H and O–H groups in total. The number of hydrogen-bond acceptors (Lipinski definition) is 6. The molecule has 8 nitrogen and oxygen atoms in total. The van der Waals surface area contributed by atoms with Crippen molar-refractivity contribution in [1.82, 2.24) is 5.32 Å². The maximum absolute atomic E-state index is 13.5. The van der Waals surface area contributed by atoms with Gasteiger partial charge in [0, 0.05) is 27.4 Å². The van der Waals surface area contributed by atoms with E-state index in [1.165, 1.54) is 50.3 Å². The average molecular weight is 634 g/mol. The molecule has 0 radical (unpaired) electrons. The first kappa shape index (κ1) is 32.1. The van der Waals surface area contributed by atoms with Crippen LogP contribution in [0.15, 0.2) is 102 Å². The van der Waals surface area contributed by atoms with Crippen molar-refractivity contribution in [3.05, 3.63) is 119 Å². The normalized spacial score (nSPS) is 11.7. The Hall–Kier alpha value is -4.80. The summed E-state index contributed by atoms with van der Waals surface area (Å²) in [4.78, 5) is 39.9. The van der Waals surface area contributed by atoms with Crippen LogP contribution in [-0.2, 0) is 9.59 Å². The molecule has 0 aromatic heterocycles. The molecule has 0 saturated carbocycles. The molecule has 0 aliphatic heterocycles. The maximum atomic E-state index is 13.5. The highest BCUT2D eigenvalue weighted by atomic mass is 35.5. The van der Waals surface area contributed by atoms with E-state index in [-0.39, 0.29) is 16.6 Å². The summed E-state index contributed by atoms with van der Waals surface area (Å²) < 4.78 is 24.3. The van der Waals surface area contributed by atoms with Gasteiger partial charge in [0.2, 0.25) is 5.91 Å². The van der Waals surface area contributed by atoms with Gasteiger partial charge >= 0.3 is 0 Å². The molecule has 0 fully saturated rings. The van der Waals surface area contributed by atoms with Crippen LogP contribution in [-0.4, -0.2) is 37.2 Å². The van der Waals surface area contributed by atoms with Crippen LogP contribution in [0.25, 0.3) is 6.08 Å². The van der Waals surface area contributed by atoms with Crippen LogP contribution in [0.2, 0.25) is 5.02 Å². The van der Waals surface area contributed by atoms with Gasteiger partial charge in [-0.05, 0) is 73.7 Å². The SMILES string of the molecule is COc1cccc(/C=C(\NC(=O)c2ccccc2)C(=O)Nc2ccc(SC(C)C(=O)Nc3ccc(F)c(Cl)c3)cc2)c1OC. The van der Waals surface area contributed by atoms with E-state index in [0.29, 0.717) is 34.0 Å². The predicted molar refractivity (Wildman–Crippen MR) is 172 cm³/mol. The summed E-state index contributed by atoms with van der Waals surface area (Å²) >= 11 is 7.10. The van der Waals surface area contributed by atoms with Crippen molar-refractivity contribution in [2.24, 2.45) is 0 Å². The summed E-state index contributed by atoms with van der Waals surface area (Å²) in [6.07, 6.45) is 1.51. The van der Waals surface area contributed by atoms with Crippen molar-refractivity contribution in [3.63, 3.8) is 0 Å². The summed E-state index contributed by atoms with van der Waals surface area (Å²) in [5, 5.41) is 7.66. The molecule has 0 bridgehead atoms. The Balaban J connectivity index is 1.48. The molecular formula is C33H29ClFN3O5S. The molecule has 0 heterocycles. The summed E-state index contributed by atoms with van der Waals surface area (Å²) in [5.74, 6) is -1.02. The van der Waals surface area contributed by atoms with E-state index >= 15 is 0 Å². The van der Waals surface area contributed by atoms with Crippen molar-refractivity contribution < 1.29 is 28.2 Å². The second-order valence-corrected chi connectivity index (χ2v) is 11.1. The minimum atomic E-state index is -0.569. The van der Waals surface area contributed by atoms with Gasteiger partial charge in [-0.3, -0.25) is 14.4 Å². The molecule has 44 heavy (non-hydrogen) atoms. The number of nitrogens with one attached hydrogen (secondary N) is 3. The fraction of sp³-hybridized carbons (Fsp3) is 0.121. The number of ether oxygens (including phenoxy) is 2. The lowest BCUT2D eigenvalue weighted by atomic mass is 10.1. The summed E-state index contributed by atoms with van der Waals surface area (Å²) in [6, 6.07) is 24.6. The number of hydrogen-bond donors (Lipinski definition) is 3. The Kier molecular flexibility index (Phi) is 11.0. The van der Waals surface area contributed by atoms with Crippen LogP contribution in [0.4, 0.5) is 15.8 Å². The highest BCUT2D eigenvalue weighted by molar-refractivity contribution is 8.00. The highest BCUT2D eigenvalue weighted by Gasteiger charge is 2.18. The first-order chi connectivity index (χ1) is 21.2. The minimum absolute atomic E-state index is 0.0185. The van der Waals surface area contributed by atoms with E-state index in [2.05, 4.69) is 16.0 Å². The Bertz CT molecular complexity index is 1680. The maximum Gasteiger partial charge on any atom is 0.272 e. The molecule has 0 aliphatic rings. The Morgan fingerprint density at radius 2 is 1.57 bits per heavy atom. The number of amides is 3. The van der Waals surface area contributed by atoms with Gasteiger partial charge in [0.05, 0.1) is 24.5 Å². The molecule has 0 saturated heterocycles. The molecule has 11 heteroatoms. The lowest BCUT2D eigenvalue weighted by Crippen LogP contribution is -2.30. The molecule has 1 unspecified atom stereocenters. The zero-order valence-electron chi connectivity index (χ0n) is 24.0. The van der Waals surface area contributed by atoms with Crippen LogP contribution in [0, 0.1) is 5.82 Å². The summed E-state index contributed by atoms with van der Waals surface area (Å²) in [6.45, 7) is 1.74. The minimum Gasteiger partial charge on any atom is -0.493 e. The Labute approximate surface area is 263 Å². The third-order valence-corrected chi connectivity index (χ3v) is 7.65. The molecule has 1 atom stereocenters. The van der Waals surface area contributed by atoms with Crippen LogP contribution in [0.3, 0.4) is 0 Å².